The molecule has 0 unspecified atom stereocenters. The first-order valence-electron chi connectivity index (χ1n) is 6.81. The molecule has 3 nitrogen and oxygen atoms in total. The maximum Gasteiger partial charge on any atom is 0.224 e. The van der Waals surface area contributed by atoms with Crippen LogP contribution in [0.25, 0.3) is 0 Å². The predicted octanol–water partition coefficient (Wildman–Crippen LogP) is 4.88. The largest absolute Gasteiger partial charge is 0.339 e. The zero-order valence-corrected chi connectivity index (χ0v) is 15.1. The Morgan fingerprint density at radius 3 is 2.76 bits per heavy atom. The second-order valence-electron chi connectivity index (χ2n) is 5.41. The van der Waals surface area contributed by atoms with Crippen molar-refractivity contribution in [3.8, 4) is 0 Å². The topological polar surface area (TPSA) is 37.8 Å². The maximum absolute atomic E-state index is 5.88. The average Bonchev–Trinajstić information content (AvgIpc) is 3.27. The summed E-state index contributed by atoms with van der Waals surface area (Å²) >= 11 is 9.34. The lowest BCUT2D eigenvalue weighted by molar-refractivity contribution is 1.13. The van der Waals surface area contributed by atoms with Crippen molar-refractivity contribution in [1.29, 1.82) is 0 Å². The smallest absolute Gasteiger partial charge is 0.224 e. The second-order valence-corrected chi connectivity index (χ2v) is 8.87. The number of nitrogens with one attached hydrogen (secondary N) is 1. The molecule has 3 rings (SSSR count). The third-order valence-corrected chi connectivity index (χ3v) is 5.62. The van der Waals surface area contributed by atoms with Gasteiger partial charge in [-0.3, -0.25) is 0 Å². The van der Waals surface area contributed by atoms with Crippen LogP contribution in [0.5, 0.6) is 0 Å². The molecule has 1 aliphatic carbocycles. The average molecular weight is 385 g/mol. The zero-order chi connectivity index (χ0) is 15.0. The van der Waals surface area contributed by atoms with Crippen LogP contribution < -0.4 is 10.6 Å². The molecule has 1 aromatic heterocycles. The third-order valence-electron chi connectivity index (χ3n) is 3.52. The summed E-state index contributed by atoms with van der Waals surface area (Å²) in [6.07, 6.45) is 4.31. The molecular weight excluding hydrogens is 369 g/mol. The first-order valence-corrected chi connectivity index (χ1v) is 10.2. The van der Waals surface area contributed by atoms with E-state index < -0.39 is 0 Å². The van der Waals surface area contributed by atoms with Crippen LogP contribution in [0, 0.1) is 0 Å². The number of hydrogen-bond acceptors (Lipinski definition) is 3. The van der Waals surface area contributed by atoms with Crippen LogP contribution in [0.15, 0.2) is 28.9 Å². The lowest BCUT2D eigenvalue weighted by Gasteiger charge is -2.16. The van der Waals surface area contributed by atoms with E-state index in [1.807, 2.05) is 0 Å². The van der Waals surface area contributed by atoms with Gasteiger partial charge in [-0.2, -0.15) is 4.98 Å². The molecule has 0 spiro atoms. The highest BCUT2D eigenvalue weighted by Gasteiger charge is 2.24. The van der Waals surface area contributed by atoms with Gasteiger partial charge in [-0.15, -0.1) is 0 Å². The first-order chi connectivity index (χ1) is 10.0. The van der Waals surface area contributed by atoms with E-state index in [-0.39, 0.29) is 13.2 Å². The van der Waals surface area contributed by atoms with Crippen LogP contribution >= 0.6 is 35.5 Å². The number of nitrogens with zero attached hydrogens (tertiary/aromatic N) is 2. The summed E-state index contributed by atoms with van der Waals surface area (Å²) in [4.78, 5) is 8.20. The monoisotopic (exact) mass is 383 g/mol. The number of aromatic nitrogens is 2. The number of hydrogen-bond donors (Lipinski definition) is 1. The van der Waals surface area contributed by atoms with Gasteiger partial charge in [-0.1, -0.05) is 14.0 Å². The molecular formula is C15H16BrClN3P. The van der Waals surface area contributed by atoms with Gasteiger partial charge in [-0.05, 0) is 82.6 Å². The van der Waals surface area contributed by atoms with Gasteiger partial charge >= 0.3 is 0 Å². The number of benzene rings is 1. The fraction of sp³-hybridized carbons (Fsp3) is 0.333. The van der Waals surface area contributed by atoms with Crippen molar-refractivity contribution in [2.24, 2.45) is 0 Å². The summed E-state index contributed by atoms with van der Waals surface area (Å²) in [5.41, 5.74) is 2.57. The fourth-order valence-electron chi connectivity index (χ4n) is 2.26. The van der Waals surface area contributed by atoms with Crippen LogP contribution in [0.3, 0.4) is 0 Å². The van der Waals surface area contributed by atoms with E-state index in [0.717, 1.165) is 16.1 Å². The molecule has 0 aliphatic heterocycles. The van der Waals surface area contributed by atoms with E-state index in [9.17, 15) is 0 Å². The Morgan fingerprint density at radius 2 is 2.10 bits per heavy atom. The van der Waals surface area contributed by atoms with Gasteiger partial charge in [-0.25, -0.2) is 4.98 Å². The standard InChI is InChI=1S/C15H16BrClN3P/c1-21(2)13-7-10(9-3-4-9)5-6-12(13)19-14-11(16)8-18-15(17)20-14/h5-9H,3-4H2,1-2H3,(H,18,19,20). The minimum Gasteiger partial charge on any atom is -0.339 e. The summed E-state index contributed by atoms with van der Waals surface area (Å²) in [6.45, 7) is 4.54. The Balaban J connectivity index is 1.95. The highest BCUT2D eigenvalue weighted by atomic mass is 79.9. The highest BCUT2D eigenvalue weighted by molar-refractivity contribution is 9.10. The van der Waals surface area contributed by atoms with Gasteiger partial charge in [0.15, 0.2) is 0 Å². The zero-order valence-electron chi connectivity index (χ0n) is 11.9. The third kappa shape index (κ3) is 3.56. The molecule has 1 N–H and O–H groups in total. The van der Waals surface area contributed by atoms with Crippen LogP contribution in [-0.2, 0) is 0 Å². The Hall–Kier alpha value is -0.700. The first kappa shape index (κ1) is 15.2. The number of anilines is 2. The Labute approximate surface area is 139 Å². The minimum atomic E-state index is -0.197. The molecule has 110 valence electrons. The summed E-state index contributed by atoms with van der Waals surface area (Å²) in [7, 11) is -0.197. The van der Waals surface area contributed by atoms with E-state index in [4.69, 9.17) is 11.6 Å². The van der Waals surface area contributed by atoms with Gasteiger partial charge in [0.25, 0.3) is 0 Å². The molecule has 2 aromatic rings. The van der Waals surface area contributed by atoms with Crippen LogP contribution in [0.2, 0.25) is 5.28 Å². The second kappa shape index (κ2) is 6.20. The van der Waals surface area contributed by atoms with Crippen molar-refractivity contribution < 1.29 is 0 Å². The molecule has 6 heteroatoms. The van der Waals surface area contributed by atoms with Gasteiger partial charge < -0.3 is 5.32 Å². The number of halogens is 2. The van der Waals surface area contributed by atoms with Crippen LogP contribution in [0.1, 0.15) is 24.3 Å². The van der Waals surface area contributed by atoms with Crippen molar-refractivity contribution in [3.05, 3.63) is 39.7 Å². The normalized spacial score (nSPS) is 14.5. The van der Waals surface area contributed by atoms with Crippen molar-refractivity contribution in [2.75, 3.05) is 18.6 Å². The molecule has 1 fully saturated rings. The number of rotatable bonds is 4. The lowest BCUT2D eigenvalue weighted by Crippen LogP contribution is -2.09. The van der Waals surface area contributed by atoms with Crippen molar-refractivity contribution in [3.63, 3.8) is 0 Å². The predicted molar refractivity (Wildman–Crippen MR) is 94.8 cm³/mol. The maximum atomic E-state index is 5.88. The summed E-state index contributed by atoms with van der Waals surface area (Å²) in [5, 5.41) is 5.00. The van der Waals surface area contributed by atoms with E-state index >= 15 is 0 Å². The Morgan fingerprint density at radius 1 is 1.33 bits per heavy atom. The molecule has 1 heterocycles. The van der Waals surface area contributed by atoms with E-state index in [0.29, 0.717) is 5.82 Å². The summed E-state index contributed by atoms with van der Waals surface area (Å²) in [6, 6.07) is 6.73. The van der Waals surface area contributed by atoms with Crippen molar-refractivity contribution in [2.45, 2.75) is 18.8 Å². The molecule has 0 bridgehead atoms. The fourth-order valence-corrected chi connectivity index (χ4v) is 3.70. The molecule has 0 atom stereocenters. The Bertz CT molecular complexity index is 674. The van der Waals surface area contributed by atoms with Crippen molar-refractivity contribution in [1.82, 2.24) is 9.97 Å². The van der Waals surface area contributed by atoms with E-state index in [1.54, 1.807) is 6.20 Å². The van der Waals surface area contributed by atoms with Crippen LogP contribution in [-0.4, -0.2) is 23.3 Å². The summed E-state index contributed by atoms with van der Waals surface area (Å²) < 4.78 is 0.806. The quantitative estimate of drug-likeness (QED) is 0.603. The lowest BCUT2D eigenvalue weighted by atomic mass is 10.1. The van der Waals surface area contributed by atoms with E-state index in [1.165, 1.54) is 23.7 Å². The van der Waals surface area contributed by atoms with Gasteiger partial charge in [0.2, 0.25) is 5.28 Å². The highest BCUT2D eigenvalue weighted by Crippen LogP contribution is 2.42. The van der Waals surface area contributed by atoms with Gasteiger partial charge in [0, 0.05) is 11.9 Å². The molecule has 0 saturated heterocycles. The summed E-state index contributed by atoms with van der Waals surface area (Å²) in [5.74, 6) is 1.47. The van der Waals surface area contributed by atoms with E-state index in [2.05, 4.69) is 62.7 Å². The molecule has 0 amide bonds. The molecule has 1 aliphatic rings. The Kier molecular flexibility index (Phi) is 4.49. The van der Waals surface area contributed by atoms with Crippen LogP contribution in [0.4, 0.5) is 11.5 Å². The van der Waals surface area contributed by atoms with Gasteiger partial charge in [0.1, 0.15) is 5.82 Å². The van der Waals surface area contributed by atoms with Gasteiger partial charge in [0.05, 0.1) is 4.47 Å². The van der Waals surface area contributed by atoms with Crippen molar-refractivity contribution >= 4 is 52.3 Å². The SMILES string of the molecule is CP(C)c1cc(C2CC2)ccc1Nc1nc(Cl)ncc1Br. The molecule has 21 heavy (non-hydrogen) atoms. The molecule has 1 aromatic carbocycles. The molecule has 0 radical (unpaired) electrons. The minimum absolute atomic E-state index is 0.197. The molecule has 1 saturated carbocycles.